The third-order valence-corrected chi connectivity index (χ3v) is 4.06. The van der Waals surface area contributed by atoms with E-state index in [-0.39, 0.29) is 0 Å². The molecule has 20 heavy (non-hydrogen) atoms. The first-order chi connectivity index (χ1) is 9.74. The van der Waals surface area contributed by atoms with Crippen LogP contribution in [0.15, 0.2) is 47.1 Å². The van der Waals surface area contributed by atoms with Crippen molar-refractivity contribution in [1.29, 1.82) is 0 Å². The number of rotatable bonds is 2. The summed E-state index contributed by atoms with van der Waals surface area (Å²) in [5.74, 6) is 1.04. The number of nitrogens with two attached hydrogens (primary N) is 1. The van der Waals surface area contributed by atoms with Crippen LogP contribution in [0.2, 0.25) is 0 Å². The molecule has 1 aromatic heterocycles. The van der Waals surface area contributed by atoms with Gasteiger partial charge in [-0.25, -0.2) is 4.98 Å². The first-order valence-electron chi connectivity index (χ1n) is 6.70. The average Bonchev–Trinajstić information content (AvgIpc) is 2.49. The van der Waals surface area contributed by atoms with Crippen molar-refractivity contribution in [3.05, 3.63) is 47.1 Å². The number of hydrogen-bond donors (Lipinski definition) is 1. The van der Waals surface area contributed by atoms with Crippen molar-refractivity contribution in [1.82, 2.24) is 4.98 Å². The number of halogens is 1. The summed E-state index contributed by atoms with van der Waals surface area (Å²) in [7, 11) is 0. The van der Waals surface area contributed by atoms with E-state index in [2.05, 4.69) is 42.8 Å². The van der Waals surface area contributed by atoms with E-state index in [1.54, 1.807) is 0 Å². The fourth-order valence-corrected chi connectivity index (χ4v) is 2.74. The number of nitrogens with zero attached hydrogens (tertiary/aromatic N) is 3. The van der Waals surface area contributed by atoms with Crippen LogP contribution in [0.5, 0.6) is 0 Å². The molecule has 1 aliphatic heterocycles. The summed E-state index contributed by atoms with van der Waals surface area (Å²) in [6.45, 7) is 3.85. The van der Waals surface area contributed by atoms with Crippen LogP contribution >= 0.6 is 15.9 Å². The highest BCUT2D eigenvalue weighted by molar-refractivity contribution is 9.10. The standard InChI is InChI=1S/C15H17BrN4/c16-12-5-6-15(18-11-12)20-9-7-19(8-10-20)14-4-2-1-3-13(14)17/h1-6,11H,7-10,17H2. The number of hydrogen-bond acceptors (Lipinski definition) is 4. The molecule has 5 heteroatoms. The van der Waals surface area contributed by atoms with Crippen LogP contribution in [0.1, 0.15) is 0 Å². The Kier molecular flexibility index (Phi) is 3.78. The molecule has 4 nitrogen and oxygen atoms in total. The Bertz CT molecular complexity index is 577. The topological polar surface area (TPSA) is 45.4 Å². The third-order valence-electron chi connectivity index (χ3n) is 3.59. The Hall–Kier alpha value is -1.75. The number of aromatic nitrogens is 1. The van der Waals surface area contributed by atoms with Crippen LogP contribution < -0.4 is 15.5 Å². The Balaban J connectivity index is 1.68. The molecule has 0 amide bonds. The maximum Gasteiger partial charge on any atom is 0.128 e. The van der Waals surface area contributed by atoms with Gasteiger partial charge in [0.2, 0.25) is 0 Å². The molecule has 3 rings (SSSR count). The van der Waals surface area contributed by atoms with Gasteiger partial charge in [-0.3, -0.25) is 0 Å². The second-order valence-corrected chi connectivity index (χ2v) is 5.78. The van der Waals surface area contributed by atoms with Crippen LogP contribution in [0, 0.1) is 0 Å². The summed E-state index contributed by atoms with van der Waals surface area (Å²) in [6, 6.07) is 12.1. The lowest BCUT2D eigenvalue weighted by molar-refractivity contribution is 0.648. The molecule has 0 bridgehead atoms. The maximum absolute atomic E-state index is 6.04. The zero-order valence-corrected chi connectivity index (χ0v) is 12.8. The minimum absolute atomic E-state index is 0.850. The van der Waals surface area contributed by atoms with Gasteiger partial charge in [-0.15, -0.1) is 0 Å². The van der Waals surface area contributed by atoms with Crippen LogP contribution in [-0.4, -0.2) is 31.2 Å². The summed E-state index contributed by atoms with van der Waals surface area (Å²) in [5.41, 5.74) is 8.03. The lowest BCUT2D eigenvalue weighted by Gasteiger charge is -2.37. The van der Waals surface area contributed by atoms with Crippen LogP contribution in [0.3, 0.4) is 0 Å². The Labute approximate surface area is 127 Å². The lowest BCUT2D eigenvalue weighted by Crippen LogP contribution is -2.47. The van der Waals surface area contributed by atoms with E-state index in [4.69, 9.17) is 5.73 Å². The van der Waals surface area contributed by atoms with Gasteiger partial charge in [-0.2, -0.15) is 0 Å². The zero-order valence-electron chi connectivity index (χ0n) is 11.2. The summed E-state index contributed by atoms with van der Waals surface area (Å²) >= 11 is 3.41. The van der Waals surface area contributed by atoms with Crippen molar-refractivity contribution in [2.24, 2.45) is 0 Å². The van der Waals surface area contributed by atoms with Gasteiger partial charge in [-0.1, -0.05) is 12.1 Å². The summed E-state index contributed by atoms with van der Waals surface area (Å²) in [5, 5.41) is 0. The number of piperazine rings is 1. The molecule has 1 aromatic carbocycles. The monoisotopic (exact) mass is 332 g/mol. The van der Waals surface area contributed by atoms with Gasteiger partial charge in [0.15, 0.2) is 0 Å². The molecule has 0 aliphatic carbocycles. The molecule has 0 atom stereocenters. The van der Waals surface area contributed by atoms with Crippen molar-refractivity contribution in [2.75, 3.05) is 41.7 Å². The third kappa shape index (κ3) is 2.72. The van der Waals surface area contributed by atoms with Gasteiger partial charge in [-0.05, 0) is 40.2 Å². The summed E-state index contributed by atoms with van der Waals surface area (Å²) in [6.07, 6.45) is 1.84. The van der Waals surface area contributed by atoms with Gasteiger partial charge in [0.1, 0.15) is 5.82 Å². The normalized spacial score (nSPS) is 15.4. The summed E-state index contributed by atoms with van der Waals surface area (Å²) in [4.78, 5) is 9.10. The minimum Gasteiger partial charge on any atom is -0.397 e. The molecule has 2 aromatic rings. The SMILES string of the molecule is Nc1ccccc1N1CCN(c2ccc(Br)cn2)CC1. The predicted octanol–water partition coefficient (Wildman–Crippen LogP) is 2.75. The van der Waals surface area contributed by atoms with Gasteiger partial charge >= 0.3 is 0 Å². The molecule has 0 spiro atoms. The fourth-order valence-electron chi connectivity index (χ4n) is 2.51. The predicted molar refractivity (Wildman–Crippen MR) is 87.2 cm³/mol. The first-order valence-corrected chi connectivity index (χ1v) is 7.49. The number of anilines is 3. The van der Waals surface area contributed by atoms with E-state index in [1.807, 2.05) is 30.5 Å². The molecule has 2 N–H and O–H groups in total. The summed E-state index contributed by atoms with van der Waals surface area (Å²) < 4.78 is 1.01. The zero-order chi connectivity index (χ0) is 13.9. The van der Waals surface area contributed by atoms with Crippen LogP contribution in [0.4, 0.5) is 17.2 Å². The van der Waals surface area contributed by atoms with E-state index >= 15 is 0 Å². The largest absolute Gasteiger partial charge is 0.397 e. The highest BCUT2D eigenvalue weighted by Crippen LogP contribution is 2.24. The van der Waals surface area contributed by atoms with E-state index in [0.717, 1.165) is 47.8 Å². The minimum atomic E-state index is 0.850. The second kappa shape index (κ2) is 5.71. The van der Waals surface area contributed by atoms with E-state index in [0.29, 0.717) is 0 Å². The van der Waals surface area contributed by atoms with Gasteiger partial charge in [0.05, 0.1) is 11.4 Å². The maximum atomic E-state index is 6.04. The number of nitrogen functional groups attached to an aromatic ring is 1. The molecule has 0 unspecified atom stereocenters. The Morgan fingerprint density at radius 1 is 0.950 bits per heavy atom. The van der Waals surface area contributed by atoms with E-state index in [1.165, 1.54) is 0 Å². The van der Waals surface area contributed by atoms with Crippen molar-refractivity contribution in [2.45, 2.75) is 0 Å². The van der Waals surface area contributed by atoms with E-state index in [9.17, 15) is 0 Å². The molecule has 1 aliphatic rings. The van der Waals surface area contributed by atoms with Gasteiger partial charge in [0, 0.05) is 36.8 Å². The van der Waals surface area contributed by atoms with Crippen molar-refractivity contribution < 1.29 is 0 Å². The molecular formula is C15H17BrN4. The van der Waals surface area contributed by atoms with Crippen molar-refractivity contribution >= 4 is 33.1 Å². The molecule has 104 valence electrons. The number of benzene rings is 1. The average molecular weight is 333 g/mol. The smallest absolute Gasteiger partial charge is 0.128 e. The Morgan fingerprint density at radius 3 is 2.30 bits per heavy atom. The van der Waals surface area contributed by atoms with Crippen LogP contribution in [-0.2, 0) is 0 Å². The highest BCUT2D eigenvalue weighted by Gasteiger charge is 2.19. The molecule has 0 saturated carbocycles. The Morgan fingerprint density at radius 2 is 1.65 bits per heavy atom. The molecule has 1 fully saturated rings. The highest BCUT2D eigenvalue weighted by atomic mass is 79.9. The van der Waals surface area contributed by atoms with Gasteiger partial charge in [0.25, 0.3) is 0 Å². The molecule has 0 radical (unpaired) electrons. The van der Waals surface area contributed by atoms with Crippen molar-refractivity contribution in [3.63, 3.8) is 0 Å². The van der Waals surface area contributed by atoms with Crippen LogP contribution in [0.25, 0.3) is 0 Å². The number of pyridine rings is 1. The molecular weight excluding hydrogens is 316 g/mol. The van der Waals surface area contributed by atoms with E-state index < -0.39 is 0 Å². The second-order valence-electron chi connectivity index (χ2n) is 4.87. The molecule has 1 saturated heterocycles. The quantitative estimate of drug-likeness (QED) is 0.859. The molecule has 2 heterocycles. The number of para-hydroxylation sites is 2. The first kappa shape index (κ1) is 13.2. The lowest BCUT2D eigenvalue weighted by atomic mass is 10.2. The van der Waals surface area contributed by atoms with Gasteiger partial charge < -0.3 is 15.5 Å². The van der Waals surface area contributed by atoms with Crippen molar-refractivity contribution in [3.8, 4) is 0 Å². The fraction of sp³-hybridized carbons (Fsp3) is 0.267.